The highest BCUT2D eigenvalue weighted by molar-refractivity contribution is 7.71. The molecule has 0 aliphatic rings. The first-order valence-electron chi connectivity index (χ1n) is 3.99. The van der Waals surface area contributed by atoms with Crippen LogP contribution in [0.2, 0.25) is 0 Å². The summed E-state index contributed by atoms with van der Waals surface area (Å²) in [5.41, 5.74) is -0.431. The quantitative estimate of drug-likeness (QED) is 0.435. The number of nitro groups is 1. The van der Waals surface area contributed by atoms with Crippen LogP contribution in [-0.2, 0) is 0 Å². The van der Waals surface area contributed by atoms with Crippen molar-refractivity contribution < 1.29 is 4.92 Å². The zero-order valence-corrected chi connectivity index (χ0v) is 8.13. The fraction of sp³-hybridized carbons (Fsp3) is 0. The number of aromatic nitrogens is 2. The molecular weight excluding hydrogens is 218 g/mol. The van der Waals surface area contributed by atoms with E-state index >= 15 is 0 Å². The van der Waals surface area contributed by atoms with Crippen molar-refractivity contribution >= 4 is 28.8 Å². The minimum atomic E-state index is -0.603. The van der Waals surface area contributed by atoms with Gasteiger partial charge < -0.3 is 4.98 Å². The average molecular weight is 223 g/mol. The lowest BCUT2D eigenvalue weighted by molar-refractivity contribution is -0.383. The van der Waals surface area contributed by atoms with Crippen LogP contribution in [0.4, 0.5) is 5.69 Å². The molecule has 1 aromatic carbocycles. The molecule has 0 unspecified atom stereocenters. The minimum absolute atomic E-state index is 0.0103. The van der Waals surface area contributed by atoms with E-state index in [1.807, 2.05) is 0 Å². The fourth-order valence-electron chi connectivity index (χ4n) is 1.35. The van der Waals surface area contributed by atoms with E-state index in [1.165, 1.54) is 12.1 Å². The van der Waals surface area contributed by atoms with Gasteiger partial charge in [-0.1, -0.05) is 6.07 Å². The number of benzene rings is 1. The van der Waals surface area contributed by atoms with Crippen LogP contribution in [0.25, 0.3) is 10.9 Å². The summed E-state index contributed by atoms with van der Waals surface area (Å²) < 4.78 is 0.146. The SMILES string of the molecule is O=c1[nH]c(=S)[nH]c2cccc([N+](=O)[O-])c12. The second-order valence-electron chi connectivity index (χ2n) is 2.87. The van der Waals surface area contributed by atoms with Crippen molar-refractivity contribution in [2.75, 3.05) is 0 Å². The van der Waals surface area contributed by atoms with Crippen molar-refractivity contribution in [3.63, 3.8) is 0 Å². The number of nitrogens with zero attached hydrogens (tertiary/aromatic N) is 1. The molecule has 6 nitrogen and oxygen atoms in total. The second-order valence-corrected chi connectivity index (χ2v) is 3.27. The third-order valence-electron chi connectivity index (χ3n) is 1.94. The number of non-ortho nitro benzene ring substituents is 1. The van der Waals surface area contributed by atoms with E-state index in [2.05, 4.69) is 9.97 Å². The van der Waals surface area contributed by atoms with Crippen LogP contribution in [0.15, 0.2) is 23.0 Å². The summed E-state index contributed by atoms with van der Waals surface area (Å²) in [4.78, 5) is 26.5. The highest BCUT2D eigenvalue weighted by Gasteiger charge is 2.14. The Morgan fingerprint density at radius 1 is 1.33 bits per heavy atom. The highest BCUT2D eigenvalue weighted by Crippen LogP contribution is 2.19. The Labute approximate surface area is 87.7 Å². The van der Waals surface area contributed by atoms with Crippen LogP contribution in [0.3, 0.4) is 0 Å². The Balaban J connectivity index is 3.05. The topological polar surface area (TPSA) is 91.8 Å². The van der Waals surface area contributed by atoms with Crippen LogP contribution in [0, 0.1) is 14.9 Å². The predicted octanol–water partition coefficient (Wildman–Crippen LogP) is 1.49. The summed E-state index contributed by atoms with van der Waals surface area (Å²) in [7, 11) is 0. The van der Waals surface area contributed by atoms with Gasteiger partial charge in [0.05, 0.1) is 10.4 Å². The minimum Gasteiger partial charge on any atom is -0.332 e. The molecule has 76 valence electrons. The molecule has 0 fully saturated rings. The lowest BCUT2D eigenvalue weighted by Gasteiger charge is -1.97. The van der Waals surface area contributed by atoms with Crippen molar-refractivity contribution in [3.8, 4) is 0 Å². The lowest BCUT2D eigenvalue weighted by Crippen LogP contribution is -2.09. The summed E-state index contributed by atoms with van der Waals surface area (Å²) in [6.45, 7) is 0. The number of aromatic amines is 2. The molecule has 0 amide bonds. The van der Waals surface area contributed by atoms with Crippen LogP contribution in [0.5, 0.6) is 0 Å². The zero-order valence-electron chi connectivity index (χ0n) is 7.31. The third kappa shape index (κ3) is 1.52. The number of rotatable bonds is 1. The van der Waals surface area contributed by atoms with Crippen LogP contribution in [-0.4, -0.2) is 14.9 Å². The number of nitrogens with one attached hydrogen (secondary N) is 2. The van der Waals surface area contributed by atoms with E-state index in [0.29, 0.717) is 5.52 Å². The van der Waals surface area contributed by atoms with Gasteiger partial charge in [-0.05, 0) is 18.3 Å². The van der Waals surface area contributed by atoms with E-state index in [-0.39, 0.29) is 15.8 Å². The largest absolute Gasteiger partial charge is 0.332 e. The molecule has 2 N–H and O–H groups in total. The van der Waals surface area contributed by atoms with E-state index in [9.17, 15) is 14.9 Å². The van der Waals surface area contributed by atoms with Crippen LogP contribution < -0.4 is 5.56 Å². The number of fused-ring (bicyclic) bond motifs is 1. The maximum atomic E-state index is 11.5. The number of hydrogen-bond acceptors (Lipinski definition) is 4. The zero-order chi connectivity index (χ0) is 11.0. The van der Waals surface area contributed by atoms with Gasteiger partial charge in [0, 0.05) is 6.07 Å². The average Bonchev–Trinajstić information content (AvgIpc) is 2.16. The normalized spacial score (nSPS) is 10.4. The molecule has 1 aromatic heterocycles. The van der Waals surface area contributed by atoms with Gasteiger partial charge in [0.25, 0.3) is 11.2 Å². The van der Waals surface area contributed by atoms with E-state index in [0.717, 1.165) is 0 Å². The molecule has 0 bridgehead atoms. The molecular formula is C8H5N3O3S. The van der Waals surface area contributed by atoms with E-state index < -0.39 is 10.5 Å². The van der Waals surface area contributed by atoms with Crippen molar-refractivity contribution in [1.82, 2.24) is 9.97 Å². The summed E-state index contributed by atoms with van der Waals surface area (Å²) >= 11 is 4.75. The van der Waals surface area contributed by atoms with Crippen molar-refractivity contribution in [2.45, 2.75) is 0 Å². The Bertz CT molecular complexity index is 658. The molecule has 0 atom stereocenters. The first-order chi connectivity index (χ1) is 7.09. The summed E-state index contributed by atoms with van der Waals surface area (Å²) in [6, 6.07) is 4.33. The maximum absolute atomic E-state index is 11.5. The molecule has 2 rings (SSSR count). The van der Waals surface area contributed by atoms with Gasteiger partial charge in [-0.15, -0.1) is 0 Å². The highest BCUT2D eigenvalue weighted by atomic mass is 32.1. The Morgan fingerprint density at radius 2 is 2.07 bits per heavy atom. The molecule has 0 saturated carbocycles. The summed E-state index contributed by atoms with van der Waals surface area (Å²) in [6.07, 6.45) is 0. The number of hydrogen-bond donors (Lipinski definition) is 2. The molecule has 0 aliphatic carbocycles. The van der Waals surface area contributed by atoms with Gasteiger partial charge in [-0.25, -0.2) is 0 Å². The standard InChI is InChI=1S/C8H5N3O3S/c12-7-6-4(9-8(15)10-7)2-1-3-5(6)11(13)14/h1-3H,(H2,9,10,12,15). The molecule has 1 heterocycles. The lowest BCUT2D eigenvalue weighted by atomic mass is 10.2. The molecule has 0 saturated heterocycles. The smallest absolute Gasteiger partial charge is 0.284 e. The monoisotopic (exact) mass is 223 g/mol. The van der Waals surface area contributed by atoms with Crippen LogP contribution in [0.1, 0.15) is 0 Å². The fourth-order valence-corrected chi connectivity index (χ4v) is 1.56. The van der Waals surface area contributed by atoms with Gasteiger partial charge in [0.15, 0.2) is 4.77 Å². The van der Waals surface area contributed by atoms with Gasteiger partial charge in [0.2, 0.25) is 0 Å². The van der Waals surface area contributed by atoms with Crippen molar-refractivity contribution in [1.29, 1.82) is 0 Å². The third-order valence-corrected chi connectivity index (χ3v) is 2.15. The molecule has 15 heavy (non-hydrogen) atoms. The van der Waals surface area contributed by atoms with Crippen LogP contribution >= 0.6 is 12.2 Å². The molecule has 2 aromatic rings. The molecule has 0 spiro atoms. The van der Waals surface area contributed by atoms with Crippen molar-refractivity contribution in [2.24, 2.45) is 0 Å². The molecule has 0 radical (unpaired) electrons. The summed E-state index contributed by atoms with van der Waals surface area (Å²) in [5, 5.41) is 10.7. The van der Waals surface area contributed by atoms with Crippen molar-refractivity contribution in [3.05, 3.63) is 43.4 Å². The first kappa shape index (κ1) is 9.53. The van der Waals surface area contributed by atoms with Gasteiger partial charge in [-0.3, -0.25) is 19.9 Å². The maximum Gasteiger partial charge on any atom is 0.284 e. The molecule has 7 heteroatoms. The second kappa shape index (κ2) is 3.28. The Kier molecular flexibility index (Phi) is 2.09. The van der Waals surface area contributed by atoms with E-state index in [4.69, 9.17) is 12.2 Å². The predicted molar refractivity (Wildman–Crippen MR) is 56.4 cm³/mol. The van der Waals surface area contributed by atoms with E-state index in [1.54, 1.807) is 6.07 Å². The van der Waals surface area contributed by atoms with Gasteiger partial charge in [0.1, 0.15) is 5.39 Å². The number of nitro benzene ring substituents is 1. The van der Waals surface area contributed by atoms with Gasteiger partial charge in [-0.2, -0.15) is 0 Å². The first-order valence-corrected chi connectivity index (χ1v) is 4.40. The van der Waals surface area contributed by atoms with Gasteiger partial charge >= 0.3 is 0 Å². The Hall–Kier alpha value is -2.02. The summed E-state index contributed by atoms with van der Waals surface area (Å²) in [5.74, 6) is 0. The molecule has 0 aliphatic heterocycles. The Morgan fingerprint density at radius 3 is 2.73 bits per heavy atom. The number of H-pyrrole nitrogens is 2.